The number of furan rings is 1. The van der Waals surface area contributed by atoms with Crippen LogP contribution in [0.15, 0.2) is 137 Å². The summed E-state index contributed by atoms with van der Waals surface area (Å²) in [5, 5.41) is 0.519. The fourth-order valence-corrected chi connectivity index (χ4v) is 5.50. The Hall–Kier alpha value is -5.23. The number of para-hydroxylation sites is 1. The van der Waals surface area contributed by atoms with E-state index in [0.29, 0.717) is 28.2 Å². The molecule has 0 spiro atoms. The van der Waals surface area contributed by atoms with Crippen LogP contribution in [0.25, 0.3) is 16.6 Å². The van der Waals surface area contributed by atoms with Crippen LogP contribution in [-0.4, -0.2) is 20.4 Å². The highest BCUT2D eigenvalue weighted by Gasteiger charge is 2.34. The second kappa shape index (κ2) is 11.7. The van der Waals surface area contributed by atoms with E-state index in [1.54, 1.807) is 21.8 Å². The molecule has 2 aromatic heterocycles. The van der Waals surface area contributed by atoms with Crippen LogP contribution in [0.5, 0.6) is 0 Å². The lowest BCUT2D eigenvalue weighted by molar-refractivity contribution is -0.135. The van der Waals surface area contributed by atoms with Crippen LogP contribution >= 0.6 is 0 Å². The third-order valence-electron chi connectivity index (χ3n) is 7.60. The molecule has 4 aromatic carbocycles. The molecule has 1 unspecified atom stereocenters. The molecule has 0 radical (unpaired) electrons. The maximum Gasteiger partial charge on any atom is 0.266 e. The third-order valence-corrected chi connectivity index (χ3v) is 7.60. The Morgan fingerprint density at radius 2 is 1.50 bits per heavy atom. The first-order valence-electron chi connectivity index (χ1n) is 14.0. The first-order chi connectivity index (χ1) is 20.5. The lowest BCUT2D eigenvalue weighted by Crippen LogP contribution is -2.40. The van der Waals surface area contributed by atoms with Gasteiger partial charge in [-0.25, -0.2) is 4.98 Å². The van der Waals surface area contributed by atoms with E-state index in [9.17, 15) is 9.59 Å². The number of carbonyl (C=O) groups is 1. The minimum atomic E-state index is -0.588. The number of hydrogen-bond donors (Lipinski definition) is 0. The molecule has 42 heavy (non-hydrogen) atoms. The molecular formula is C36H31N3O3. The minimum absolute atomic E-state index is 0.116. The lowest BCUT2D eigenvalue weighted by Gasteiger charge is -2.33. The Morgan fingerprint density at radius 3 is 2.14 bits per heavy atom. The van der Waals surface area contributed by atoms with Crippen LogP contribution in [0.4, 0.5) is 0 Å². The number of nitrogens with zero attached hydrogens (tertiary/aromatic N) is 3. The van der Waals surface area contributed by atoms with Gasteiger partial charge in [-0.15, -0.1) is 0 Å². The number of carbonyl (C=O) groups excluding carboxylic acids is 1. The van der Waals surface area contributed by atoms with Crippen LogP contribution < -0.4 is 5.56 Å². The molecule has 0 fully saturated rings. The van der Waals surface area contributed by atoms with Gasteiger partial charge in [0.15, 0.2) is 0 Å². The van der Waals surface area contributed by atoms with Crippen LogP contribution in [-0.2, 0) is 11.3 Å². The van der Waals surface area contributed by atoms with Crippen molar-refractivity contribution in [3.63, 3.8) is 0 Å². The Balaban J connectivity index is 1.55. The first-order valence-corrected chi connectivity index (χ1v) is 14.0. The molecule has 0 N–H and O–H groups in total. The summed E-state index contributed by atoms with van der Waals surface area (Å²) in [6.45, 7) is 4.12. The molecule has 0 saturated heterocycles. The second-order valence-corrected chi connectivity index (χ2v) is 10.4. The maximum absolute atomic E-state index is 14.8. The van der Waals surface area contributed by atoms with Crippen molar-refractivity contribution in [3.8, 4) is 5.69 Å². The molecule has 1 amide bonds. The number of hydrogen-bond acceptors (Lipinski definition) is 4. The predicted octanol–water partition coefficient (Wildman–Crippen LogP) is 7.21. The van der Waals surface area contributed by atoms with E-state index in [4.69, 9.17) is 9.40 Å². The van der Waals surface area contributed by atoms with Gasteiger partial charge in [0.2, 0.25) is 5.91 Å². The zero-order chi connectivity index (χ0) is 29.1. The van der Waals surface area contributed by atoms with Crippen molar-refractivity contribution in [2.45, 2.75) is 32.4 Å². The number of fused-ring (bicyclic) bond motifs is 1. The number of rotatable bonds is 8. The highest BCUT2D eigenvalue weighted by molar-refractivity contribution is 5.87. The molecule has 208 valence electrons. The molecule has 6 nitrogen and oxygen atoms in total. The van der Waals surface area contributed by atoms with E-state index in [1.165, 1.54) is 0 Å². The van der Waals surface area contributed by atoms with Gasteiger partial charge in [0.05, 0.1) is 41.4 Å². The van der Waals surface area contributed by atoms with Gasteiger partial charge in [-0.2, -0.15) is 0 Å². The van der Waals surface area contributed by atoms with Crippen molar-refractivity contribution in [1.82, 2.24) is 14.5 Å². The Bertz CT molecular complexity index is 1840. The van der Waals surface area contributed by atoms with Crippen molar-refractivity contribution in [1.29, 1.82) is 0 Å². The van der Waals surface area contributed by atoms with Gasteiger partial charge in [0.25, 0.3) is 5.56 Å². The molecular weight excluding hydrogens is 522 g/mol. The molecule has 1 atom stereocenters. The highest BCUT2D eigenvalue weighted by Crippen LogP contribution is 2.32. The van der Waals surface area contributed by atoms with Crippen LogP contribution in [0.3, 0.4) is 0 Å². The SMILES string of the molecule is Cc1cccc(-n2c(C(C)N(Cc3ccco3)C(=O)C(c3ccccc3)c3ccccc3)nc3ccccc3c2=O)c1. The summed E-state index contributed by atoms with van der Waals surface area (Å²) in [6, 6.07) is 37.7. The zero-order valence-electron chi connectivity index (χ0n) is 23.6. The maximum atomic E-state index is 14.8. The lowest BCUT2D eigenvalue weighted by atomic mass is 9.89. The van der Waals surface area contributed by atoms with Crippen molar-refractivity contribution >= 4 is 16.8 Å². The summed E-state index contributed by atoms with van der Waals surface area (Å²) in [7, 11) is 0. The summed E-state index contributed by atoms with van der Waals surface area (Å²) >= 11 is 0. The quantitative estimate of drug-likeness (QED) is 0.200. The Labute approximate surface area is 244 Å². The van der Waals surface area contributed by atoms with Crippen LogP contribution in [0.1, 0.15) is 47.2 Å². The normalized spacial score (nSPS) is 12.0. The van der Waals surface area contributed by atoms with E-state index in [-0.39, 0.29) is 18.0 Å². The average molecular weight is 554 g/mol. The van der Waals surface area contributed by atoms with E-state index in [0.717, 1.165) is 16.7 Å². The first kappa shape index (κ1) is 27.0. The average Bonchev–Trinajstić information content (AvgIpc) is 3.54. The molecule has 6 rings (SSSR count). The van der Waals surface area contributed by atoms with E-state index in [1.807, 2.05) is 129 Å². The zero-order valence-corrected chi connectivity index (χ0v) is 23.6. The van der Waals surface area contributed by atoms with E-state index >= 15 is 0 Å². The van der Waals surface area contributed by atoms with Crippen molar-refractivity contribution in [3.05, 3.63) is 166 Å². The van der Waals surface area contributed by atoms with Gasteiger partial charge in [-0.05, 0) is 66.9 Å². The molecule has 0 bridgehead atoms. The number of aryl methyl sites for hydroxylation is 1. The number of aromatic nitrogens is 2. The van der Waals surface area contributed by atoms with Gasteiger partial charge < -0.3 is 9.32 Å². The van der Waals surface area contributed by atoms with E-state index < -0.39 is 12.0 Å². The molecule has 0 aliphatic heterocycles. The largest absolute Gasteiger partial charge is 0.467 e. The monoisotopic (exact) mass is 553 g/mol. The summed E-state index contributed by atoms with van der Waals surface area (Å²) in [5.41, 5.74) is 3.89. The smallest absolute Gasteiger partial charge is 0.266 e. The molecule has 0 aliphatic carbocycles. The molecule has 0 saturated carbocycles. The van der Waals surface area contributed by atoms with Gasteiger partial charge in [-0.3, -0.25) is 14.2 Å². The predicted molar refractivity (Wildman–Crippen MR) is 164 cm³/mol. The number of benzene rings is 4. The van der Waals surface area contributed by atoms with Gasteiger partial charge >= 0.3 is 0 Å². The van der Waals surface area contributed by atoms with Crippen LogP contribution in [0.2, 0.25) is 0 Å². The highest BCUT2D eigenvalue weighted by atomic mass is 16.3. The van der Waals surface area contributed by atoms with Gasteiger partial charge in [-0.1, -0.05) is 84.9 Å². The fourth-order valence-electron chi connectivity index (χ4n) is 5.50. The van der Waals surface area contributed by atoms with Crippen molar-refractivity contribution in [2.75, 3.05) is 0 Å². The van der Waals surface area contributed by atoms with Crippen molar-refractivity contribution < 1.29 is 9.21 Å². The Morgan fingerprint density at radius 1 is 0.833 bits per heavy atom. The molecule has 6 heteroatoms. The summed E-state index contributed by atoms with van der Waals surface area (Å²) < 4.78 is 7.37. The molecule has 0 aliphatic rings. The Kier molecular flexibility index (Phi) is 7.52. The van der Waals surface area contributed by atoms with Gasteiger partial charge in [0, 0.05) is 0 Å². The molecule has 6 aromatic rings. The topological polar surface area (TPSA) is 68.3 Å². The minimum Gasteiger partial charge on any atom is -0.467 e. The summed E-state index contributed by atoms with van der Waals surface area (Å²) in [4.78, 5) is 35.6. The van der Waals surface area contributed by atoms with Gasteiger partial charge in [0.1, 0.15) is 11.6 Å². The van der Waals surface area contributed by atoms with Crippen molar-refractivity contribution in [2.24, 2.45) is 0 Å². The fraction of sp³-hybridized carbons (Fsp3) is 0.139. The third kappa shape index (κ3) is 5.27. The molecule has 2 heterocycles. The second-order valence-electron chi connectivity index (χ2n) is 10.4. The van der Waals surface area contributed by atoms with E-state index in [2.05, 4.69) is 0 Å². The van der Waals surface area contributed by atoms with Crippen LogP contribution in [0, 0.1) is 6.92 Å². The standard InChI is InChI=1S/C36H31N3O3/c1-25-13-11-18-29(23-25)39-34(37-32-21-10-9-20-31(32)35(39)40)26(2)38(24-30-19-12-22-42-30)36(41)33(27-14-5-3-6-15-27)28-16-7-4-8-17-28/h3-23,26,33H,24H2,1-2H3. The number of amides is 1. The summed E-state index contributed by atoms with van der Waals surface area (Å²) in [5.74, 6) is 0.434. The summed E-state index contributed by atoms with van der Waals surface area (Å²) in [6.07, 6.45) is 1.60.